The lowest BCUT2D eigenvalue weighted by Gasteiger charge is -2.05. The molecular formula is C15H11BrOS. The second-order valence-electron chi connectivity index (χ2n) is 3.98. The van der Waals surface area contributed by atoms with Gasteiger partial charge in [0.15, 0.2) is 0 Å². The van der Waals surface area contributed by atoms with Crippen molar-refractivity contribution in [2.75, 3.05) is 0 Å². The minimum Gasteiger partial charge on any atom is -0.489 e. The molecule has 0 aliphatic carbocycles. The van der Waals surface area contributed by atoms with E-state index in [1.165, 1.54) is 15.6 Å². The Kier molecular flexibility index (Phi) is 3.35. The molecule has 0 unspecified atom stereocenters. The van der Waals surface area contributed by atoms with E-state index in [0.717, 1.165) is 10.2 Å². The van der Waals surface area contributed by atoms with Crippen LogP contribution in [0.1, 0.15) is 5.56 Å². The fourth-order valence-electron chi connectivity index (χ4n) is 1.89. The third-order valence-corrected chi connectivity index (χ3v) is 4.42. The van der Waals surface area contributed by atoms with Gasteiger partial charge in [-0.2, -0.15) is 0 Å². The van der Waals surface area contributed by atoms with Gasteiger partial charge in [-0.15, -0.1) is 11.3 Å². The van der Waals surface area contributed by atoms with E-state index in [0.29, 0.717) is 6.61 Å². The molecule has 0 fully saturated rings. The Hall–Kier alpha value is -1.32. The number of hydrogen-bond donors (Lipinski definition) is 0. The first-order chi connectivity index (χ1) is 8.84. The van der Waals surface area contributed by atoms with Gasteiger partial charge in [0.25, 0.3) is 0 Å². The summed E-state index contributed by atoms with van der Waals surface area (Å²) in [6.07, 6.45) is 0. The lowest BCUT2D eigenvalue weighted by atomic mass is 10.2. The van der Waals surface area contributed by atoms with Crippen molar-refractivity contribution in [1.29, 1.82) is 0 Å². The van der Waals surface area contributed by atoms with Gasteiger partial charge < -0.3 is 4.74 Å². The summed E-state index contributed by atoms with van der Waals surface area (Å²) in [5, 5.41) is 3.43. The van der Waals surface area contributed by atoms with Gasteiger partial charge in [-0.05, 0) is 29.6 Å². The van der Waals surface area contributed by atoms with Crippen molar-refractivity contribution in [3.8, 4) is 5.75 Å². The molecule has 0 saturated carbocycles. The summed E-state index contributed by atoms with van der Waals surface area (Å²) in [6.45, 7) is 0.604. The highest BCUT2D eigenvalue weighted by atomic mass is 79.9. The van der Waals surface area contributed by atoms with Crippen molar-refractivity contribution in [2.45, 2.75) is 6.61 Å². The normalized spacial score (nSPS) is 10.7. The van der Waals surface area contributed by atoms with Crippen molar-refractivity contribution < 1.29 is 4.74 Å². The van der Waals surface area contributed by atoms with Crippen molar-refractivity contribution in [3.63, 3.8) is 0 Å². The highest BCUT2D eigenvalue weighted by molar-refractivity contribution is 9.10. The van der Waals surface area contributed by atoms with Gasteiger partial charge in [0.1, 0.15) is 12.4 Å². The largest absolute Gasteiger partial charge is 0.489 e. The van der Waals surface area contributed by atoms with Gasteiger partial charge in [0, 0.05) is 20.1 Å². The van der Waals surface area contributed by atoms with Crippen LogP contribution in [0.5, 0.6) is 5.75 Å². The summed E-state index contributed by atoms with van der Waals surface area (Å²) >= 11 is 5.36. The molecule has 1 heterocycles. The predicted octanol–water partition coefficient (Wildman–Crippen LogP) is 5.24. The topological polar surface area (TPSA) is 9.23 Å². The monoisotopic (exact) mass is 318 g/mol. The summed E-state index contributed by atoms with van der Waals surface area (Å²) in [4.78, 5) is 0. The Labute approximate surface area is 118 Å². The predicted molar refractivity (Wildman–Crippen MR) is 80.3 cm³/mol. The number of hydrogen-bond acceptors (Lipinski definition) is 2. The van der Waals surface area contributed by atoms with Crippen LogP contribution in [0.15, 0.2) is 58.4 Å². The van der Waals surface area contributed by atoms with Crippen LogP contribution in [0.4, 0.5) is 0 Å². The molecule has 0 N–H and O–H groups in total. The second-order valence-corrected chi connectivity index (χ2v) is 5.74. The van der Waals surface area contributed by atoms with Crippen molar-refractivity contribution >= 4 is 37.4 Å². The number of ether oxygens (including phenoxy) is 1. The number of halogens is 1. The van der Waals surface area contributed by atoms with E-state index < -0.39 is 0 Å². The summed E-state index contributed by atoms with van der Waals surface area (Å²) < 4.78 is 8.22. The Morgan fingerprint density at radius 3 is 2.67 bits per heavy atom. The molecule has 3 aromatic rings. The lowest BCUT2D eigenvalue weighted by Crippen LogP contribution is -1.94. The van der Waals surface area contributed by atoms with Crippen LogP contribution in [-0.4, -0.2) is 0 Å². The molecule has 3 rings (SSSR count). The van der Waals surface area contributed by atoms with Crippen LogP contribution in [0.25, 0.3) is 10.1 Å². The second kappa shape index (κ2) is 5.12. The standard InChI is InChI=1S/C15H11BrOS/c16-13-7-4-8-14-15(13)11(10-18-14)9-17-12-5-2-1-3-6-12/h1-8,10H,9H2. The molecule has 0 saturated heterocycles. The van der Waals surface area contributed by atoms with Crippen LogP contribution >= 0.6 is 27.3 Å². The molecule has 3 heteroatoms. The van der Waals surface area contributed by atoms with E-state index in [9.17, 15) is 0 Å². The number of rotatable bonds is 3. The third kappa shape index (κ3) is 2.28. The van der Waals surface area contributed by atoms with Gasteiger partial charge in [-0.25, -0.2) is 0 Å². The minimum absolute atomic E-state index is 0.604. The van der Waals surface area contributed by atoms with Crippen LogP contribution in [-0.2, 0) is 6.61 Å². The van der Waals surface area contributed by atoms with E-state index in [1.54, 1.807) is 11.3 Å². The Bertz CT molecular complexity index is 661. The molecule has 0 atom stereocenters. The first-order valence-electron chi connectivity index (χ1n) is 5.67. The van der Waals surface area contributed by atoms with Crippen LogP contribution < -0.4 is 4.74 Å². The smallest absolute Gasteiger partial charge is 0.119 e. The maximum atomic E-state index is 5.80. The Balaban J connectivity index is 1.87. The zero-order valence-electron chi connectivity index (χ0n) is 9.60. The van der Waals surface area contributed by atoms with Crippen molar-refractivity contribution in [2.24, 2.45) is 0 Å². The highest BCUT2D eigenvalue weighted by Gasteiger charge is 2.07. The molecule has 90 valence electrons. The van der Waals surface area contributed by atoms with Gasteiger partial charge in [0.05, 0.1) is 0 Å². The summed E-state index contributed by atoms with van der Waals surface area (Å²) in [7, 11) is 0. The van der Waals surface area contributed by atoms with Crippen molar-refractivity contribution in [3.05, 3.63) is 63.9 Å². The van der Waals surface area contributed by atoms with E-state index >= 15 is 0 Å². The first-order valence-corrected chi connectivity index (χ1v) is 7.34. The van der Waals surface area contributed by atoms with E-state index in [2.05, 4.69) is 39.5 Å². The van der Waals surface area contributed by atoms with E-state index in [-0.39, 0.29) is 0 Å². The molecular weight excluding hydrogens is 308 g/mol. The average molecular weight is 319 g/mol. The molecule has 2 aromatic carbocycles. The maximum absolute atomic E-state index is 5.80. The number of benzene rings is 2. The fourth-order valence-corrected chi connectivity index (χ4v) is 3.61. The van der Waals surface area contributed by atoms with Gasteiger partial charge in [0.2, 0.25) is 0 Å². The van der Waals surface area contributed by atoms with E-state index in [1.807, 2.05) is 30.3 Å². The molecule has 0 spiro atoms. The molecule has 0 bridgehead atoms. The number of para-hydroxylation sites is 1. The molecule has 0 aliphatic heterocycles. The SMILES string of the molecule is Brc1cccc2scc(COc3ccccc3)c12. The molecule has 1 nitrogen and oxygen atoms in total. The summed E-state index contributed by atoms with van der Waals surface area (Å²) in [5.74, 6) is 0.906. The summed E-state index contributed by atoms with van der Waals surface area (Å²) in [6, 6.07) is 16.2. The lowest BCUT2D eigenvalue weighted by molar-refractivity contribution is 0.308. The van der Waals surface area contributed by atoms with Gasteiger partial charge in [-0.1, -0.05) is 40.2 Å². The van der Waals surface area contributed by atoms with Gasteiger partial charge in [-0.3, -0.25) is 0 Å². The van der Waals surface area contributed by atoms with Crippen LogP contribution in [0.3, 0.4) is 0 Å². The molecule has 0 amide bonds. The Morgan fingerprint density at radius 1 is 1.00 bits per heavy atom. The zero-order chi connectivity index (χ0) is 12.4. The Morgan fingerprint density at radius 2 is 1.83 bits per heavy atom. The average Bonchev–Trinajstić information content (AvgIpc) is 2.82. The number of thiophene rings is 1. The molecule has 18 heavy (non-hydrogen) atoms. The van der Waals surface area contributed by atoms with Gasteiger partial charge >= 0.3 is 0 Å². The first kappa shape index (κ1) is 11.8. The fraction of sp³-hybridized carbons (Fsp3) is 0.0667. The number of fused-ring (bicyclic) bond motifs is 1. The zero-order valence-corrected chi connectivity index (χ0v) is 12.0. The highest BCUT2D eigenvalue weighted by Crippen LogP contribution is 2.32. The third-order valence-electron chi connectivity index (χ3n) is 2.76. The van der Waals surface area contributed by atoms with Crippen LogP contribution in [0.2, 0.25) is 0 Å². The quantitative estimate of drug-likeness (QED) is 0.641. The minimum atomic E-state index is 0.604. The van der Waals surface area contributed by atoms with Crippen LogP contribution in [0, 0.1) is 0 Å². The maximum Gasteiger partial charge on any atom is 0.119 e. The molecule has 0 aliphatic rings. The summed E-state index contributed by atoms with van der Waals surface area (Å²) in [5.41, 5.74) is 1.23. The molecule has 1 aromatic heterocycles. The van der Waals surface area contributed by atoms with E-state index in [4.69, 9.17) is 4.74 Å². The molecule has 0 radical (unpaired) electrons. The van der Waals surface area contributed by atoms with Crippen molar-refractivity contribution in [1.82, 2.24) is 0 Å².